The number of nitrogens with one attached hydrogen (secondary N) is 1. The quantitative estimate of drug-likeness (QED) is 0.780. The van der Waals surface area contributed by atoms with E-state index in [9.17, 15) is 14.4 Å². The van der Waals surface area contributed by atoms with E-state index in [1.165, 1.54) is 16.7 Å². The molecule has 2 amide bonds. The summed E-state index contributed by atoms with van der Waals surface area (Å²) in [5.41, 5.74) is 1.29. The van der Waals surface area contributed by atoms with Crippen molar-refractivity contribution in [1.82, 2.24) is 0 Å². The van der Waals surface area contributed by atoms with Crippen molar-refractivity contribution in [2.45, 2.75) is 22.6 Å². The van der Waals surface area contributed by atoms with Gasteiger partial charge in [-0.1, -0.05) is 23.9 Å². The number of para-hydroxylation sites is 1. The van der Waals surface area contributed by atoms with Crippen molar-refractivity contribution in [3.05, 3.63) is 48.5 Å². The van der Waals surface area contributed by atoms with E-state index in [0.717, 1.165) is 10.6 Å². The number of thioether (sulfide) groups is 1. The van der Waals surface area contributed by atoms with Crippen LogP contribution in [-0.2, 0) is 19.1 Å². The van der Waals surface area contributed by atoms with Crippen molar-refractivity contribution in [2.24, 2.45) is 0 Å². The molecule has 0 radical (unpaired) electrons. The Bertz CT molecular complexity index is 946. The molecule has 2 aliphatic rings. The second-order valence-electron chi connectivity index (χ2n) is 6.44. The fourth-order valence-electron chi connectivity index (χ4n) is 3.39. The first-order valence-corrected chi connectivity index (χ1v) is 9.57. The van der Waals surface area contributed by atoms with Crippen LogP contribution in [-0.4, -0.2) is 36.4 Å². The molecule has 1 N–H and O–H groups in total. The summed E-state index contributed by atoms with van der Waals surface area (Å²) < 4.78 is 10.4. The maximum Gasteiger partial charge on any atom is 0.344 e. The predicted molar refractivity (Wildman–Crippen MR) is 104 cm³/mol. The van der Waals surface area contributed by atoms with Crippen LogP contribution in [0.1, 0.15) is 12.8 Å². The predicted octanol–water partition coefficient (Wildman–Crippen LogP) is 2.81. The summed E-state index contributed by atoms with van der Waals surface area (Å²) in [7, 11) is 1.56. The number of carbonyl (C=O) groups is 3. The topological polar surface area (TPSA) is 84.9 Å². The van der Waals surface area contributed by atoms with Crippen LogP contribution in [0.15, 0.2) is 53.4 Å². The molecule has 0 aliphatic carbocycles. The zero-order valence-electron chi connectivity index (χ0n) is 15.1. The fraction of sp³-hybridized carbons (Fsp3) is 0.250. The molecule has 0 aromatic heterocycles. The Labute approximate surface area is 166 Å². The molecule has 1 atom stereocenters. The third kappa shape index (κ3) is 3.09. The lowest BCUT2D eigenvalue weighted by Crippen LogP contribution is -2.48. The van der Waals surface area contributed by atoms with Gasteiger partial charge in [0.15, 0.2) is 11.5 Å². The van der Waals surface area contributed by atoms with Crippen molar-refractivity contribution in [3.8, 4) is 5.75 Å². The summed E-state index contributed by atoms with van der Waals surface area (Å²) in [5.74, 6) is -0.472. The molecule has 144 valence electrons. The molecule has 2 heterocycles. The number of rotatable bonds is 5. The normalized spacial score (nSPS) is 19.8. The van der Waals surface area contributed by atoms with E-state index in [1.807, 2.05) is 24.3 Å². The lowest BCUT2D eigenvalue weighted by Gasteiger charge is -2.28. The van der Waals surface area contributed by atoms with E-state index < -0.39 is 23.4 Å². The fourth-order valence-corrected chi connectivity index (χ4v) is 4.80. The molecule has 1 fully saturated rings. The summed E-state index contributed by atoms with van der Waals surface area (Å²) >= 11 is 1.31. The van der Waals surface area contributed by atoms with Crippen molar-refractivity contribution in [1.29, 1.82) is 0 Å². The highest BCUT2D eigenvalue weighted by Gasteiger charge is 2.58. The van der Waals surface area contributed by atoms with Crippen LogP contribution >= 0.6 is 11.8 Å². The van der Waals surface area contributed by atoms with Gasteiger partial charge >= 0.3 is 5.97 Å². The highest BCUT2D eigenvalue weighted by molar-refractivity contribution is 8.02. The van der Waals surface area contributed by atoms with Crippen LogP contribution in [0.4, 0.5) is 11.4 Å². The Morgan fingerprint density at radius 2 is 1.93 bits per heavy atom. The van der Waals surface area contributed by atoms with Crippen molar-refractivity contribution in [2.75, 3.05) is 23.9 Å². The average Bonchev–Trinajstić information content (AvgIpc) is 3.22. The lowest BCUT2D eigenvalue weighted by atomic mass is 10.2. The molecular formula is C20H18N2O5S. The van der Waals surface area contributed by atoms with Crippen LogP contribution in [0.5, 0.6) is 5.75 Å². The first-order valence-electron chi connectivity index (χ1n) is 8.76. The standard InChI is InChI=1S/C20H18N2O5S/c1-26-14-8-6-13(7-9-14)21-17(23)12-27-19(25)20-11-10-18(24)22(20)15-4-2-3-5-16(15)28-20/h2-9H,10-12H2,1H3,(H,21,23)/t20-/m0/s1. The zero-order chi connectivity index (χ0) is 19.7. The lowest BCUT2D eigenvalue weighted by molar-refractivity contribution is -0.149. The van der Waals surface area contributed by atoms with Gasteiger partial charge in [0, 0.05) is 23.4 Å². The first-order chi connectivity index (χ1) is 13.5. The molecule has 2 aliphatic heterocycles. The smallest absolute Gasteiger partial charge is 0.344 e. The summed E-state index contributed by atoms with van der Waals surface area (Å²) in [6.45, 7) is -0.425. The van der Waals surface area contributed by atoms with Gasteiger partial charge in [0.25, 0.3) is 5.91 Å². The van der Waals surface area contributed by atoms with E-state index in [0.29, 0.717) is 17.9 Å². The molecule has 0 unspecified atom stereocenters. The minimum atomic E-state index is -1.12. The van der Waals surface area contributed by atoms with Crippen LogP contribution in [0.3, 0.4) is 0 Å². The Morgan fingerprint density at radius 3 is 2.68 bits per heavy atom. The van der Waals surface area contributed by atoms with E-state index in [1.54, 1.807) is 31.4 Å². The zero-order valence-corrected chi connectivity index (χ0v) is 16.0. The number of fused-ring (bicyclic) bond motifs is 3. The third-order valence-electron chi connectivity index (χ3n) is 4.70. The number of methoxy groups -OCH3 is 1. The Kier molecular flexibility index (Phi) is 4.72. The van der Waals surface area contributed by atoms with E-state index in [2.05, 4.69) is 5.32 Å². The number of anilines is 2. The van der Waals surface area contributed by atoms with E-state index >= 15 is 0 Å². The Balaban J connectivity index is 1.42. The number of benzene rings is 2. The van der Waals surface area contributed by atoms with Gasteiger partial charge in [-0.15, -0.1) is 0 Å². The summed E-state index contributed by atoms with van der Waals surface area (Å²) in [4.78, 5) is 38.6. The molecule has 4 rings (SSSR count). The largest absolute Gasteiger partial charge is 0.497 e. The van der Waals surface area contributed by atoms with Crippen LogP contribution < -0.4 is 15.0 Å². The summed E-state index contributed by atoms with van der Waals surface area (Å²) in [5, 5.41) is 2.66. The molecule has 7 nitrogen and oxygen atoms in total. The van der Waals surface area contributed by atoms with Crippen LogP contribution in [0.25, 0.3) is 0 Å². The minimum Gasteiger partial charge on any atom is -0.497 e. The second-order valence-corrected chi connectivity index (χ2v) is 7.76. The monoisotopic (exact) mass is 398 g/mol. The molecule has 8 heteroatoms. The van der Waals surface area contributed by atoms with Crippen molar-refractivity contribution < 1.29 is 23.9 Å². The highest BCUT2D eigenvalue weighted by atomic mass is 32.2. The van der Waals surface area contributed by atoms with Gasteiger partial charge in [0.1, 0.15) is 5.75 Å². The third-order valence-corrected chi connectivity index (χ3v) is 6.16. The maximum absolute atomic E-state index is 12.9. The summed E-state index contributed by atoms with van der Waals surface area (Å²) in [6.07, 6.45) is 0.624. The number of hydrogen-bond acceptors (Lipinski definition) is 6. The minimum absolute atomic E-state index is 0.114. The molecular weight excluding hydrogens is 380 g/mol. The van der Waals surface area contributed by atoms with Crippen LogP contribution in [0.2, 0.25) is 0 Å². The first kappa shape index (κ1) is 18.4. The van der Waals surface area contributed by atoms with Gasteiger partial charge in [-0.2, -0.15) is 0 Å². The number of nitrogens with zero attached hydrogens (tertiary/aromatic N) is 1. The molecule has 2 aromatic rings. The molecule has 2 aromatic carbocycles. The van der Waals surface area contributed by atoms with Gasteiger partial charge in [-0.25, -0.2) is 4.79 Å². The van der Waals surface area contributed by atoms with Crippen molar-refractivity contribution in [3.63, 3.8) is 0 Å². The number of carbonyl (C=O) groups excluding carboxylic acids is 3. The van der Waals surface area contributed by atoms with E-state index in [-0.39, 0.29) is 12.3 Å². The Morgan fingerprint density at radius 1 is 1.18 bits per heavy atom. The van der Waals surface area contributed by atoms with Gasteiger partial charge in [0.05, 0.1) is 12.8 Å². The number of amides is 2. The molecule has 0 spiro atoms. The number of esters is 1. The summed E-state index contributed by atoms with van der Waals surface area (Å²) in [6, 6.07) is 14.2. The van der Waals surface area contributed by atoms with Gasteiger partial charge in [-0.05, 0) is 36.4 Å². The average molecular weight is 398 g/mol. The second kappa shape index (κ2) is 7.20. The molecule has 28 heavy (non-hydrogen) atoms. The number of ether oxygens (including phenoxy) is 2. The molecule has 0 saturated carbocycles. The van der Waals surface area contributed by atoms with E-state index in [4.69, 9.17) is 9.47 Å². The van der Waals surface area contributed by atoms with Gasteiger partial charge < -0.3 is 14.8 Å². The Hall–Kier alpha value is -3.00. The molecule has 1 saturated heterocycles. The molecule has 0 bridgehead atoms. The van der Waals surface area contributed by atoms with Crippen molar-refractivity contribution >= 4 is 40.9 Å². The maximum atomic E-state index is 12.9. The van der Waals surface area contributed by atoms with Crippen LogP contribution in [0, 0.1) is 0 Å². The van der Waals surface area contributed by atoms with Gasteiger partial charge in [0.2, 0.25) is 5.91 Å². The number of hydrogen-bond donors (Lipinski definition) is 1. The van der Waals surface area contributed by atoms with Gasteiger partial charge in [-0.3, -0.25) is 14.5 Å². The highest BCUT2D eigenvalue weighted by Crippen LogP contribution is 2.56. The SMILES string of the molecule is COc1ccc(NC(=O)COC(=O)[C@@]23CCC(=O)N2c2ccccc2S3)cc1.